The van der Waals surface area contributed by atoms with Gasteiger partial charge in [0.2, 0.25) is 0 Å². The van der Waals surface area contributed by atoms with E-state index >= 15 is 0 Å². The van der Waals surface area contributed by atoms with Crippen molar-refractivity contribution in [2.75, 3.05) is 0 Å². The molecule has 0 heterocycles. The molecular weight excluding hydrogens is 1150 g/mol. The van der Waals surface area contributed by atoms with Gasteiger partial charge in [-0.3, -0.25) is 0 Å². The van der Waals surface area contributed by atoms with Crippen molar-refractivity contribution in [3.8, 4) is 0 Å². The van der Waals surface area contributed by atoms with Crippen LogP contribution in [-0.2, 0) is 101 Å². The average molecular weight is 1150 g/mol. The Hall–Kier alpha value is 2.89. The van der Waals surface area contributed by atoms with E-state index in [0.717, 1.165) is 0 Å². The van der Waals surface area contributed by atoms with Gasteiger partial charge in [-0.2, -0.15) is 0 Å². The summed E-state index contributed by atoms with van der Waals surface area (Å²) in [4.78, 5) is 0. The summed E-state index contributed by atoms with van der Waals surface area (Å²) in [6.45, 7) is 0. The molecule has 0 rings (SSSR count). The molecule has 0 amide bonds. The Balaban J connectivity index is -0.0000000257. The molecule has 0 aliphatic heterocycles. The van der Waals surface area contributed by atoms with Crippen molar-refractivity contribution >= 4 is 50.4 Å². The van der Waals surface area contributed by atoms with Gasteiger partial charge >= 0.3 is 166 Å². The van der Waals surface area contributed by atoms with Crippen LogP contribution >= 0.6 is 0 Å². The quantitative estimate of drug-likeness (QED) is 0.207. The fraction of sp³-hybridized carbons (Fsp3) is 0. The standard InChI is InChI=1S/Mg.12O.Pb.4Ta/q+2;;;;;;;;;4*-1;+2;;;;. The van der Waals surface area contributed by atoms with Crippen molar-refractivity contribution in [2.45, 2.75) is 0 Å². The summed E-state index contributed by atoms with van der Waals surface area (Å²) in [6, 6.07) is 0. The molecular formula is MgO12PbTa4. The zero-order valence-electron chi connectivity index (χ0n) is 7.89. The van der Waals surface area contributed by atoms with Crippen LogP contribution in [0.25, 0.3) is 0 Å². The smallest absolute Gasteiger partial charge is 2.00 e. The van der Waals surface area contributed by atoms with Gasteiger partial charge in [0.1, 0.15) is 0 Å². The Morgan fingerprint density at radius 2 is 0.444 bits per heavy atom. The van der Waals surface area contributed by atoms with Crippen molar-refractivity contribution in [3.05, 3.63) is 0 Å². The van der Waals surface area contributed by atoms with Crippen LogP contribution in [0.1, 0.15) is 0 Å². The summed E-state index contributed by atoms with van der Waals surface area (Å²) >= 11 is -17.4. The normalized spacial score (nSPS) is 5.56. The molecule has 12 nitrogen and oxygen atoms in total. The minimum Gasteiger partial charge on any atom is 2.00 e. The van der Waals surface area contributed by atoms with Crippen molar-refractivity contribution in [1.82, 2.24) is 0 Å². The molecule has 0 aromatic rings. The number of hydrogen-bond acceptors (Lipinski definition) is 12. The molecule has 0 aliphatic rings. The van der Waals surface area contributed by atoms with Gasteiger partial charge in [-0.15, -0.1) is 0 Å². The van der Waals surface area contributed by atoms with E-state index in [0.29, 0.717) is 0 Å². The molecule has 0 N–H and O–H groups in total. The van der Waals surface area contributed by atoms with Gasteiger partial charge in [-0.25, -0.2) is 0 Å². The van der Waals surface area contributed by atoms with E-state index < -0.39 is 75.1 Å². The van der Waals surface area contributed by atoms with E-state index in [1.54, 1.807) is 0 Å². The minimum atomic E-state index is -4.34. The third-order valence-electron chi connectivity index (χ3n) is 0. The number of hydrogen-bond donors (Lipinski definition) is 0. The van der Waals surface area contributed by atoms with E-state index in [-0.39, 0.29) is 50.4 Å². The van der Waals surface area contributed by atoms with Crippen LogP contribution in [0.5, 0.6) is 0 Å². The van der Waals surface area contributed by atoms with E-state index in [9.17, 15) is 0 Å². The average Bonchev–Trinajstić information content (AvgIpc) is 1.76. The van der Waals surface area contributed by atoms with Crippen LogP contribution in [0.15, 0.2) is 0 Å². The van der Waals surface area contributed by atoms with E-state index in [2.05, 4.69) is 0 Å². The summed E-state index contributed by atoms with van der Waals surface area (Å²) in [6.07, 6.45) is 0. The molecule has 0 atom stereocenters. The molecule has 0 spiro atoms. The van der Waals surface area contributed by atoms with Crippen molar-refractivity contribution in [3.63, 3.8) is 0 Å². The molecule has 0 saturated heterocycles. The number of rotatable bonds is 0. The molecule has 0 saturated carbocycles. The Morgan fingerprint density at radius 3 is 0.444 bits per heavy atom. The maximum absolute atomic E-state index is 8.62. The first-order valence-electron chi connectivity index (χ1n) is 2.19. The van der Waals surface area contributed by atoms with Gasteiger partial charge < -0.3 is 0 Å². The van der Waals surface area contributed by atoms with Crippen LogP contribution in [-0.4, -0.2) is 50.4 Å². The predicted molar refractivity (Wildman–Crippen MR) is 17.0 cm³/mol. The molecule has 0 bridgehead atoms. The summed E-state index contributed by atoms with van der Waals surface area (Å²) < 4.78 is 103. The van der Waals surface area contributed by atoms with E-state index in [1.807, 2.05) is 0 Å². The maximum atomic E-state index is 8.62. The second kappa shape index (κ2) is 32.0. The fourth-order valence-corrected chi connectivity index (χ4v) is 0. The van der Waals surface area contributed by atoms with Gasteiger partial charge in [0.25, 0.3) is 0 Å². The van der Waals surface area contributed by atoms with Crippen molar-refractivity contribution < 1.29 is 116 Å². The summed E-state index contributed by atoms with van der Waals surface area (Å²) in [7, 11) is 0. The third-order valence-corrected chi connectivity index (χ3v) is 0. The SMILES string of the molecule is [Mg+2].[O]=[Ta](=[O])[O-].[O]=[Ta](=[O])[O-].[O]=[Ta](=[O])[O-].[O]=[Ta](=[O])[O-].[Pb+2]. The van der Waals surface area contributed by atoms with Crippen molar-refractivity contribution in [2.24, 2.45) is 0 Å². The van der Waals surface area contributed by atoms with Crippen LogP contribution in [0.4, 0.5) is 0 Å². The zero-order valence-corrected chi connectivity index (χ0v) is 26.1. The van der Waals surface area contributed by atoms with E-state index in [1.165, 1.54) is 0 Å². The van der Waals surface area contributed by atoms with Crippen LogP contribution in [0.3, 0.4) is 0 Å². The maximum Gasteiger partial charge on any atom is 2.00 e. The van der Waals surface area contributed by atoms with Gasteiger partial charge in [0.15, 0.2) is 0 Å². The van der Waals surface area contributed by atoms with Gasteiger partial charge in [-0.1, -0.05) is 0 Å². The predicted octanol–water partition coefficient (Wildman–Crippen LogP) is -6.48. The second-order valence-electron chi connectivity index (χ2n) is 0.894. The molecule has 2 radical (unpaired) electrons. The monoisotopic (exact) mass is 1150 g/mol. The third kappa shape index (κ3) is 724. The molecule has 0 aromatic heterocycles. The summed E-state index contributed by atoms with van der Waals surface area (Å²) in [5.41, 5.74) is 0. The van der Waals surface area contributed by atoms with E-state index in [4.69, 9.17) is 40.5 Å². The van der Waals surface area contributed by atoms with Gasteiger partial charge in [0, 0.05) is 0 Å². The molecule has 98 valence electrons. The first-order valence-corrected chi connectivity index (χ1v) is 17.9. The molecule has 0 aliphatic carbocycles. The topological polar surface area (TPSA) is 229 Å². The second-order valence-corrected chi connectivity index (χ2v) is 7.32. The molecule has 0 fully saturated rings. The van der Waals surface area contributed by atoms with Crippen LogP contribution < -0.4 is 14.5 Å². The summed E-state index contributed by atoms with van der Waals surface area (Å²) in [5.74, 6) is 0. The van der Waals surface area contributed by atoms with Crippen LogP contribution in [0, 0.1) is 0 Å². The first-order chi connectivity index (χ1) is 6.93. The van der Waals surface area contributed by atoms with Crippen molar-refractivity contribution in [1.29, 1.82) is 0 Å². The first kappa shape index (κ1) is 37.3. The Bertz CT molecular complexity index is 298. The largest absolute Gasteiger partial charge is 2.00 e. The zero-order chi connectivity index (χ0) is 14.3. The van der Waals surface area contributed by atoms with Gasteiger partial charge in [0.05, 0.1) is 0 Å². The molecule has 0 unspecified atom stereocenters. The Kier molecular flexibility index (Phi) is 66.3. The molecule has 18 heavy (non-hydrogen) atoms. The minimum absolute atomic E-state index is 0. The summed E-state index contributed by atoms with van der Waals surface area (Å²) in [5, 5.41) is 0. The molecule has 18 heteroatoms. The Morgan fingerprint density at radius 1 is 0.444 bits per heavy atom. The Labute approximate surface area is 163 Å². The molecule has 0 aromatic carbocycles. The fourth-order valence-electron chi connectivity index (χ4n) is 0. The van der Waals surface area contributed by atoms with Crippen LogP contribution in [0.2, 0.25) is 0 Å². The van der Waals surface area contributed by atoms with Gasteiger partial charge in [-0.05, 0) is 0 Å².